The van der Waals surface area contributed by atoms with E-state index in [0.717, 1.165) is 15.7 Å². The molecule has 0 unspecified atom stereocenters. The Morgan fingerprint density at radius 3 is 2.94 bits per heavy atom. The smallest absolute Gasteiger partial charge is 0.232 e. The largest absolute Gasteiger partial charge is 0.472 e. The molecular weight excluding hydrogens is 282 g/mol. The Bertz CT molecular complexity index is 505. The molecule has 0 atom stereocenters. The highest BCUT2D eigenvalue weighted by Crippen LogP contribution is 2.13. The minimum absolute atomic E-state index is 0.362. The Morgan fingerprint density at radius 2 is 2.18 bits per heavy atom. The summed E-state index contributed by atoms with van der Waals surface area (Å²) in [6, 6.07) is 7.92. The van der Waals surface area contributed by atoms with Gasteiger partial charge in [-0.25, -0.2) is 4.98 Å². The zero-order valence-electron chi connectivity index (χ0n) is 9.14. The topological polar surface area (TPSA) is 61.0 Å². The molecule has 88 valence electrons. The maximum Gasteiger partial charge on any atom is 0.232 e. The van der Waals surface area contributed by atoms with Crippen LogP contribution >= 0.6 is 15.9 Å². The quantitative estimate of drug-likeness (QED) is 0.939. The van der Waals surface area contributed by atoms with Gasteiger partial charge >= 0.3 is 0 Å². The van der Waals surface area contributed by atoms with E-state index < -0.39 is 0 Å². The zero-order valence-corrected chi connectivity index (χ0v) is 10.7. The van der Waals surface area contributed by atoms with Crippen LogP contribution in [-0.4, -0.2) is 9.97 Å². The standard InChI is InChI=1S/C12H12BrN3O/c13-10-3-1-2-9(4-10)8-17-12-7-15-6-11(5-14)16-12/h1-4,6-7H,5,8,14H2. The predicted molar refractivity (Wildman–Crippen MR) is 68.4 cm³/mol. The lowest BCUT2D eigenvalue weighted by atomic mass is 10.2. The van der Waals surface area contributed by atoms with Crippen molar-refractivity contribution in [2.75, 3.05) is 0 Å². The van der Waals surface area contributed by atoms with Crippen molar-refractivity contribution >= 4 is 15.9 Å². The van der Waals surface area contributed by atoms with Crippen molar-refractivity contribution in [3.8, 4) is 5.88 Å². The summed E-state index contributed by atoms with van der Waals surface area (Å²) >= 11 is 3.41. The number of halogens is 1. The summed E-state index contributed by atoms with van der Waals surface area (Å²) < 4.78 is 6.57. The molecular formula is C12H12BrN3O. The van der Waals surface area contributed by atoms with Crippen LogP contribution in [0.3, 0.4) is 0 Å². The number of hydrogen-bond donors (Lipinski definition) is 1. The van der Waals surface area contributed by atoms with Gasteiger partial charge in [0.25, 0.3) is 0 Å². The van der Waals surface area contributed by atoms with Crippen LogP contribution in [0.1, 0.15) is 11.3 Å². The van der Waals surface area contributed by atoms with Crippen LogP contribution in [0.4, 0.5) is 0 Å². The number of benzene rings is 1. The van der Waals surface area contributed by atoms with E-state index >= 15 is 0 Å². The monoisotopic (exact) mass is 293 g/mol. The van der Waals surface area contributed by atoms with E-state index in [-0.39, 0.29) is 0 Å². The van der Waals surface area contributed by atoms with E-state index in [4.69, 9.17) is 10.5 Å². The second-order valence-corrected chi connectivity index (χ2v) is 4.39. The summed E-state index contributed by atoms with van der Waals surface area (Å²) in [6.07, 6.45) is 3.21. The molecule has 1 aromatic carbocycles. The summed E-state index contributed by atoms with van der Waals surface area (Å²) in [7, 11) is 0. The molecule has 0 amide bonds. The summed E-state index contributed by atoms with van der Waals surface area (Å²) in [5.74, 6) is 0.493. The zero-order chi connectivity index (χ0) is 12.1. The average molecular weight is 294 g/mol. The van der Waals surface area contributed by atoms with Gasteiger partial charge in [0.2, 0.25) is 5.88 Å². The molecule has 0 spiro atoms. The lowest BCUT2D eigenvalue weighted by Crippen LogP contribution is -2.03. The minimum atomic E-state index is 0.362. The molecule has 0 saturated carbocycles. The van der Waals surface area contributed by atoms with E-state index in [2.05, 4.69) is 25.9 Å². The van der Waals surface area contributed by atoms with Crippen molar-refractivity contribution in [3.05, 3.63) is 52.4 Å². The maximum absolute atomic E-state index is 5.54. The molecule has 0 aliphatic carbocycles. The number of nitrogens with two attached hydrogens (primary N) is 1. The molecule has 2 N–H and O–H groups in total. The first-order chi connectivity index (χ1) is 8.28. The molecule has 2 rings (SSSR count). The van der Waals surface area contributed by atoms with Gasteiger partial charge in [-0.2, -0.15) is 0 Å². The van der Waals surface area contributed by atoms with Crippen LogP contribution in [0.15, 0.2) is 41.1 Å². The molecule has 2 aromatic rings. The number of hydrogen-bond acceptors (Lipinski definition) is 4. The fourth-order valence-electron chi connectivity index (χ4n) is 1.34. The number of rotatable bonds is 4. The van der Waals surface area contributed by atoms with Gasteiger partial charge in [0.05, 0.1) is 11.9 Å². The van der Waals surface area contributed by atoms with Crippen molar-refractivity contribution in [1.82, 2.24) is 9.97 Å². The summed E-state index contributed by atoms with van der Waals surface area (Å²) in [5, 5.41) is 0. The molecule has 4 nitrogen and oxygen atoms in total. The highest BCUT2D eigenvalue weighted by Gasteiger charge is 2.00. The van der Waals surface area contributed by atoms with Crippen molar-refractivity contribution < 1.29 is 4.74 Å². The van der Waals surface area contributed by atoms with Gasteiger partial charge in [-0.3, -0.25) is 4.98 Å². The van der Waals surface area contributed by atoms with Gasteiger partial charge < -0.3 is 10.5 Å². The summed E-state index contributed by atoms with van der Waals surface area (Å²) in [6.45, 7) is 0.823. The molecule has 0 fully saturated rings. The van der Waals surface area contributed by atoms with Crippen molar-refractivity contribution in [1.29, 1.82) is 0 Å². The number of ether oxygens (including phenoxy) is 1. The lowest BCUT2D eigenvalue weighted by molar-refractivity contribution is 0.291. The van der Waals surface area contributed by atoms with Crippen LogP contribution in [0, 0.1) is 0 Å². The second kappa shape index (κ2) is 5.75. The van der Waals surface area contributed by atoms with Crippen molar-refractivity contribution in [3.63, 3.8) is 0 Å². The first kappa shape index (κ1) is 12.0. The normalized spacial score (nSPS) is 10.2. The van der Waals surface area contributed by atoms with Crippen molar-refractivity contribution in [2.45, 2.75) is 13.2 Å². The van der Waals surface area contributed by atoms with Gasteiger partial charge in [0, 0.05) is 17.2 Å². The summed E-state index contributed by atoms with van der Waals surface area (Å²) in [5.41, 5.74) is 7.27. The Hall–Kier alpha value is -1.46. The number of nitrogens with zero attached hydrogens (tertiary/aromatic N) is 2. The molecule has 1 aromatic heterocycles. The first-order valence-corrected chi connectivity index (χ1v) is 5.95. The maximum atomic E-state index is 5.54. The van der Waals surface area contributed by atoms with Gasteiger partial charge in [-0.1, -0.05) is 28.1 Å². The molecule has 17 heavy (non-hydrogen) atoms. The number of aromatic nitrogens is 2. The van der Waals surface area contributed by atoms with E-state index in [1.165, 1.54) is 0 Å². The fraction of sp³-hybridized carbons (Fsp3) is 0.167. The van der Waals surface area contributed by atoms with Crippen LogP contribution in [0.25, 0.3) is 0 Å². The minimum Gasteiger partial charge on any atom is -0.472 e. The van der Waals surface area contributed by atoms with E-state index in [9.17, 15) is 0 Å². The highest BCUT2D eigenvalue weighted by molar-refractivity contribution is 9.10. The third-order valence-corrected chi connectivity index (χ3v) is 2.64. The Balaban J connectivity index is 2.02. The molecule has 1 heterocycles. The lowest BCUT2D eigenvalue weighted by Gasteiger charge is -2.06. The molecule has 0 saturated heterocycles. The Kier molecular flexibility index (Phi) is 4.06. The second-order valence-electron chi connectivity index (χ2n) is 3.47. The van der Waals surface area contributed by atoms with E-state index in [1.54, 1.807) is 12.4 Å². The van der Waals surface area contributed by atoms with Crippen LogP contribution in [-0.2, 0) is 13.2 Å². The third-order valence-electron chi connectivity index (χ3n) is 2.15. The van der Waals surface area contributed by atoms with Crippen LogP contribution < -0.4 is 10.5 Å². The highest BCUT2D eigenvalue weighted by atomic mass is 79.9. The van der Waals surface area contributed by atoms with Crippen LogP contribution in [0.2, 0.25) is 0 Å². The molecule has 5 heteroatoms. The Morgan fingerprint density at radius 1 is 1.29 bits per heavy atom. The molecule has 0 aliphatic heterocycles. The predicted octanol–water partition coefficient (Wildman–Crippen LogP) is 2.28. The Labute approximate surface area is 108 Å². The first-order valence-electron chi connectivity index (χ1n) is 5.16. The van der Waals surface area contributed by atoms with E-state index in [1.807, 2.05) is 24.3 Å². The van der Waals surface area contributed by atoms with Gasteiger partial charge in [-0.05, 0) is 17.7 Å². The van der Waals surface area contributed by atoms with Gasteiger partial charge in [-0.15, -0.1) is 0 Å². The average Bonchev–Trinajstić information content (AvgIpc) is 2.37. The van der Waals surface area contributed by atoms with Gasteiger partial charge in [0.1, 0.15) is 6.61 Å². The van der Waals surface area contributed by atoms with Crippen molar-refractivity contribution in [2.24, 2.45) is 5.73 Å². The van der Waals surface area contributed by atoms with Crippen LogP contribution in [0.5, 0.6) is 5.88 Å². The SMILES string of the molecule is NCc1cncc(OCc2cccc(Br)c2)n1. The third kappa shape index (κ3) is 3.51. The van der Waals surface area contributed by atoms with E-state index in [0.29, 0.717) is 19.0 Å². The fourth-order valence-corrected chi connectivity index (χ4v) is 1.78. The molecule has 0 aliphatic rings. The molecule has 0 radical (unpaired) electrons. The van der Waals surface area contributed by atoms with Gasteiger partial charge in [0.15, 0.2) is 0 Å². The summed E-state index contributed by atoms with van der Waals surface area (Å²) in [4.78, 5) is 8.22. The molecule has 0 bridgehead atoms.